The minimum Gasteiger partial charge on any atom is -0.454 e. The summed E-state index contributed by atoms with van der Waals surface area (Å²) in [5.41, 5.74) is 0.963. The molecule has 0 unspecified atom stereocenters. The molecule has 28 heavy (non-hydrogen) atoms. The molecule has 156 valence electrons. The Balaban J connectivity index is 2.21. The molecule has 1 aliphatic rings. The molecule has 0 saturated carbocycles. The van der Waals surface area contributed by atoms with Crippen molar-refractivity contribution in [1.82, 2.24) is 4.31 Å². The molecule has 1 amide bonds. The zero-order chi connectivity index (χ0) is 20.7. The van der Waals surface area contributed by atoms with Crippen molar-refractivity contribution < 1.29 is 27.5 Å². The SMILES string of the molecule is COCC(=O)OCC(=O)Nc1cc(S(=O)(=O)N2CCCCC2)ccc1N(C)C. The van der Waals surface area contributed by atoms with Gasteiger partial charge in [-0.3, -0.25) is 4.79 Å². The van der Waals surface area contributed by atoms with Crippen molar-refractivity contribution in [3.8, 4) is 0 Å². The number of hydrogen-bond acceptors (Lipinski definition) is 7. The maximum Gasteiger partial charge on any atom is 0.332 e. The number of ether oxygens (including phenoxy) is 2. The summed E-state index contributed by atoms with van der Waals surface area (Å²) in [5.74, 6) is -1.23. The number of hydrogen-bond donors (Lipinski definition) is 1. The molecule has 0 spiro atoms. The van der Waals surface area contributed by atoms with Crippen LogP contribution in [0.3, 0.4) is 0 Å². The van der Waals surface area contributed by atoms with Crippen LogP contribution in [0.4, 0.5) is 11.4 Å². The summed E-state index contributed by atoms with van der Waals surface area (Å²) in [6, 6.07) is 4.62. The van der Waals surface area contributed by atoms with Crippen molar-refractivity contribution in [3.63, 3.8) is 0 Å². The molecule has 2 rings (SSSR count). The van der Waals surface area contributed by atoms with Gasteiger partial charge in [-0.1, -0.05) is 6.42 Å². The molecule has 9 nitrogen and oxygen atoms in total. The third-order valence-corrected chi connectivity index (χ3v) is 6.20. The van der Waals surface area contributed by atoms with Crippen LogP contribution in [0.1, 0.15) is 19.3 Å². The number of carbonyl (C=O) groups excluding carboxylic acids is 2. The van der Waals surface area contributed by atoms with E-state index < -0.39 is 28.5 Å². The molecular formula is C18H27N3O6S. The minimum absolute atomic E-state index is 0.117. The average molecular weight is 413 g/mol. The number of carbonyl (C=O) groups is 2. The van der Waals surface area contributed by atoms with Crippen LogP contribution in [0.25, 0.3) is 0 Å². The monoisotopic (exact) mass is 413 g/mol. The van der Waals surface area contributed by atoms with Crippen LogP contribution in [0.15, 0.2) is 23.1 Å². The van der Waals surface area contributed by atoms with Crippen LogP contribution in [0.5, 0.6) is 0 Å². The van der Waals surface area contributed by atoms with E-state index in [1.54, 1.807) is 25.1 Å². The summed E-state index contributed by atoms with van der Waals surface area (Å²) in [5, 5.41) is 2.62. The van der Waals surface area contributed by atoms with Gasteiger partial charge in [0.15, 0.2) is 6.61 Å². The second kappa shape index (κ2) is 9.85. The first-order valence-electron chi connectivity index (χ1n) is 9.01. The Hall–Kier alpha value is -2.17. The van der Waals surface area contributed by atoms with Gasteiger partial charge in [0, 0.05) is 34.3 Å². The van der Waals surface area contributed by atoms with Crippen LogP contribution < -0.4 is 10.2 Å². The number of benzene rings is 1. The summed E-state index contributed by atoms with van der Waals surface area (Å²) in [6.45, 7) is 0.252. The Kier molecular flexibility index (Phi) is 7.78. The molecule has 1 heterocycles. The Labute approximate surface area is 165 Å². The molecule has 1 N–H and O–H groups in total. The van der Waals surface area contributed by atoms with Crippen LogP contribution in [0, 0.1) is 0 Å². The van der Waals surface area contributed by atoms with Crippen LogP contribution >= 0.6 is 0 Å². The van der Waals surface area contributed by atoms with E-state index >= 15 is 0 Å². The standard InChI is InChI=1S/C18H27N3O6S/c1-20(2)16-8-7-14(28(24,25)21-9-5-4-6-10-21)11-15(16)19-17(22)12-27-18(23)13-26-3/h7-8,11H,4-6,9-10,12-13H2,1-3H3,(H,19,22). The molecule has 1 aliphatic heterocycles. The first kappa shape index (κ1) is 22.1. The van der Waals surface area contributed by atoms with E-state index in [1.165, 1.54) is 23.5 Å². The van der Waals surface area contributed by atoms with Crippen molar-refractivity contribution in [3.05, 3.63) is 18.2 Å². The highest BCUT2D eigenvalue weighted by molar-refractivity contribution is 7.89. The predicted molar refractivity (Wildman–Crippen MR) is 105 cm³/mol. The summed E-state index contributed by atoms with van der Waals surface area (Å²) in [7, 11) is 1.27. The van der Waals surface area contributed by atoms with E-state index in [0.717, 1.165) is 19.3 Å². The lowest BCUT2D eigenvalue weighted by Gasteiger charge is -2.26. The normalized spacial score (nSPS) is 15.1. The molecule has 0 bridgehead atoms. The van der Waals surface area contributed by atoms with Crippen molar-refractivity contribution >= 4 is 33.3 Å². The molecule has 1 saturated heterocycles. The number of methoxy groups -OCH3 is 1. The average Bonchev–Trinajstić information content (AvgIpc) is 2.67. The van der Waals surface area contributed by atoms with Gasteiger partial charge in [0.2, 0.25) is 10.0 Å². The number of piperidine rings is 1. The zero-order valence-electron chi connectivity index (χ0n) is 16.4. The van der Waals surface area contributed by atoms with Crippen molar-refractivity contribution in [2.45, 2.75) is 24.2 Å². The van der Waals surface area contributed by atoms with E-state index in [1.807, 2.05) is 0 Å². The predicted octanol–water partition coefficient (Wildman–Crippen LogP) is 1.06. The molecule has 10 heteroatoms. The van der Waals surface area contributed by atoms with Gasteiger partial charge in [0.25, 0.3) is 5.91 Å². The fourth-order valence-electron chi connectivity index (χ4n) is 2.91. The molecule has 0 atom stereocenters. The molecular weight excluding hydrogens is 386 g/mol. The number of anilines is 2. The Morgan fingerprint density at radius 3 is 2.43 bits per heavy atom. The number of amides is 1. The lowest BCUT2D eigenvalue weighted by atomic mass is 10.2. The Morgan fingerprint density at radius 2 is 1.82 bits per heavy atom. The first-order valence-corrected chi connectivity index (χ1v) is 10.5. The van der Waals surface area contributed by atoms with Crippen molar-refractivity contribution in [1.29, 1.82) is 0 Å². The van der Waals surface area contributed by atoms with Gasteiger partial charge >= 0.3 is 5.97 Å². The molecule has 1 fully saturated rings. The lowest BCUT2D eigenvalue weighted by Crippen LogP contribution is -2.35. The number of nitrogens with one attached hydrogen (secondary N) is 1. The maximum absolute atomic E-state index is 12.9. The van der Waals surface area contributed by atoms with Crippen LogP contribution in [0.2, 0.25) is 0 Å². The van der Waals surface area contributed by atoms with E-state index in [9.17, 15) is 18.0 Å². The fourth-order valence-corrected chi connectivity index (χ4v) is 4.46. The number of rotatable bonds is 8. The quantitative estimate of drug-likeness (QED) is 0.635. The van der Waals surface area contributed by atoms with E-state index in [0.29, 0.717) is 24.5 Å². The van der Waals surface area contributed by atoms with Gasteiger partial charge < -0.3 is 19.7 Å². The molecule has 0 aliphatic carbocycles. The van der Waals surface area contributed by atoms with Crippen LogP contribution in [-0.2, 0) is 29.1 Å². The lowest BCUT2D eigenvalue weighted by molar-refractivity contribution is -0.150. The van der Waals surface area contributed by atoms with Gasteiger partial charge in [-0.05, 0) is 31.0 Å². The summed E-state index contributed by atoms with van der Waals surface area (Å²) in [4.78, 5) is 25.3. The fraction of sp³-hybridized carbons (Fsp3) is 0.556. The molecule has 0 aromatic heterocycles. The summed E-state index contributed by atoms with van der Waals surface area (Å²) < 4.78 is 36.7. The van der Waals surface area contributed by atoms with E-state index in [-0.39, 0.29) is 11.5 Å². The van der Waals surface area contributed by atoms with Gasteiger partial charge in [0.1, 0.15) is 6.61 Å². The highest BCUT2D eigenvalue weighted by atomic mass is 32.2. The highest BCUT2D eigenvalue weighted by Crippen LogP contribution is 2.30. The van der Waals surface area contributed by atoms with Gasteiger partial charge in [-0.15, -0.1) is 0 Å². The molecule has 1 aromatic rings. The van der Waals surface area contributed by atoms with Crippen LogP contribution in [-0.4, -0.2) is 72.1 Å². The topological polar surface area (TPSA) is 105 Å². The smallest absolute Gasteiger partial charge is 0.332 e. The second-order valence-electron chi connectivity index (χ2n) is 6.68. The minimum atomic E-state index is -3.63. The van der Waals surface area contributed by atoms with E-state index in [4.69, 9.17) is 4.74 Å². The largest absolute Gasteiger partial charge is 0.454 e. The highest BCUT2D eigenvalue weighted by Gasteiger charge is 2.27. The van der Waals surface area contributed by atoms with Gasteiger partial charge in [-0.25, -0.2) is 13.2 Å². The first-order chi connectivity index (χ1) is 13.3. The third kappa shape index (κ3) is 5.66. The Morgan fingerprint density at radius 1 is 1.14 bits per heavy atom. The number of esters is 1. The zero-order valence-corrected chi connectivity index (χ0v) is 17.3. The number of nitrogens with zero attached hydrogens (tertiary/aromatic N) is 2. The van der Waals surface area contributed by atoms with Crippen molar-refractivity contribution in [2.75, 3.05) is 57.7 Å². The maximum atomic E-state index is 12.9. The Bertz CT molecular complexity index is 804. The summed E-state index contributed by atoms with van der Waals surface area (Å²) in [6.07, 6.45) is 2.70. The van der Waals surface area contributed by atoms with Crippen molar-refractivity contribution in [2.24, 2.45) is 0 Å². The van der Waals surface area contributed by atoms with E-state index in [2.05, 4.69) is 10.1 Å². The molecule has 1 aromatic carbocycles. The third-order valence-electron chi connectivity index (χ3n) is 4.30. The van der Waals surface area contributed by atoms with Gasteiger partial charge in [0.05, 0.1) is 16.3 Å². The number of sulfonamides is 1. The second-order valence-corrected chi connectivity index (χ2v) is 8.62. The molecule has 0 radical (unpaired) electrons. The van der Waals surface area contributed by atoms with Gasteiger partial charge in [-0.2, -0.15) is 4.31 Å². The summed E-state index contributed by atoms with van der Waals surface area (Å²) >= 11 is 0.